The Morgan fingerprint density at radius 2 is 1.69 bits per heavy atom. The zero-order valence-electron chi connectivity index (χ0n) is 25.4. The summed E-state index contributed by atoms with van der Waals surface area (Å²) in [5.41, 5.74) is 13.7. The van der Waals surface area contributed by atoms with Crippen LogP contribution in [0.1, 0.15) is 54.1 Å². The van der Waals surface area contributed by atoms with E-state index < -0.39 is 5.91 Å². The molecule has 3 N–H and O–H groups in total. The van der Waals surface area contributed by atoms with Crippen LogP contribution in [-0.4, -0.2) is 26.7 Å². The van der Waals surface area contributed by atoms with E-state index in [0.29, 0.717) is 17.9 Å². The summed E-state index contributed by atoms with van der Waals surface area (Å²) in [6.07, 6.45) is 7.53. The molecule has 2 heterocycles. The van der Waals surface area contributed by atoms with Crippen molar-refractivity contribution >= 4 is 27.7 Å². The fraction of sp³-hybridized carbons (Fsp3) is 0.231. The number of benzene rings is 4. The SMILES string of the molecule is CC1(Cc2cc(-n3c4ccccc4c4c(-c5cncc(OCc6ccccc6)c5)cccc43)ccc2C(N)=O)CCC(O)CC1. The Labute approximate surface area is 263 Å². The zero-order chi connectivity index (χ0) is 31.0. The average molecular weight is 596 g/mol. The van der Waals surface area contributed by atoms with Gasteiger partial charge in [-0.25, -0.2) is 0 Å². The summed E-state index contributed by atoms with van der Waals surface area (Å²) in [6.45, 7) is 2.73. The number of hydrogen-bond donors (Lipinski definition) is 2. The molecule has 0 aliphatic heterocycles. The first kappa shape index (κ1) is 28.8. The van der Waals surface area contributed by atoms with Gasteiger partial charge in [0.1, 0.15) is 12.4 Å². The lowest BCUT2D eigenvalue weighted by Crippen LogP contribution is -2.30. The molecular formula is C39H37N3O3. The summed E-state index contributed by atoms with van der Waals surface area (Å²) in [7, 11) is 0. The van der Waals surface area contributed by atoms with Gasteiger partial charge in [0.2, 0.25) is 5.91 Å². The van der Waals surface area contributed by atoms with Gasteiger partial charge < -0.3 is 20.1 Å². The number of aliphatic hydroxyl groups excluding tert-OH is 1. The molecule has 7 rings (SSSR count). The molecule has 45 heavy (non-hydrogen) atoms. The number of hydrogen-bond acceptors (Lipinski definition) is 4. The van der Waals surface area contributed by atoms with Crippen LogP contribution >= 0.6 is 0 Å². The van der Waals surface area contributed by atoms with Gasteiger partial charge in [-0.15, -0.1) is 0 Å². The summed E-state index contributed by atoms with van der Waals surface area (Å²) >= 11 is 0. The molecule has 6 aromatic rings. The van der Waals surface area contributed by atoms with Crippen molar-refractivity contribution in [1.29, 1.82) is 0 Å². The molecule has 0 spiro atoms. The highest BCUT2D eigenvalue weighted by atomic mass is 16.5. The summed E-state index contributed by atoms with van der Waals surface area (Å²) in [4.78, 5) is 17.1. The van der Waals surface area contributed by atoms with Gasteiger partial charge in [-0.2, -0.15) is 0 Å². The van der Waals surface area contributed by atoms with Crippen LogP contribution in [-0.2, 0) is 13.0 Å². The Morgan fingerprint density at radius 1 is 0.933 bits per heavy atom. The smallest absolute Gasteiger partial charge is 0.248 e. The Bertz CT molecular complexity index is 2010. The van der Waals surface area contributed by atoms with Gasteiger partial charge in [-0.1, -0.05) is 67.6 Å². The highest BCUT2D eigenvalue weighted by Gasteiger charge is 2.32. The number of aliphatic hydroxyl groups is 1. The average Bonchev–Trinajstić information content (AvgIpc) is 3.40. The lowest BCUT2D eigenvalue weighted by atomic mass is 9.70. The monoisotopic (exact) mass is 595 g/mol. The first-order valence-corrected chi connectivity index (χ1v) is 15.6. The minimum Gasteiger partial charge on any atom is -0.487 e. The number of carbonyl (C=O) groups is 1. The first-order valence-electron chi connectivity index (χ1n) is 15.6. The van der Waals surface area contributed by atoms with Crippen LogP contribution < -0.4 is 10.5 Å². The molecule has 0 bridgehead atoms. The van der Waals surface area contributed by atoms with Crippen molar-refractivity contribution in [1.82, 2.24) is 9.55 Å². The predicted molar refractivity (Wildman–Crippen MR) is 180 cm³/mol. The van der Waals surface area contributed by atoms with Gasteiger partial charge in [0.25, 0.3) is 0 Å². The van der Waals surface area contributed by atoms with Gasteiger partial charge in [0, 0.05) is 33.8 Å². The number of carbonyl (C=O) groups excluding carboxylic acids is 1. The van der Waals surface area contributed by atoms with E-state index in [9.17, 15) is 9.90 Å². The largest absolute Gasteiger partial charge is 0.487 e. The van der Waals surface area contributed by atoms with Gasteiger partial charge in [0.15, 0.2) is 0 Å². The normalized spacial score (nSPS) is 18.3. The maximum Gasteiger partial charge on any atom is 0.248 e. The number of amides is 1. The summed E-state index contributed by atoms with van der Waals surface area (Å²) in [5, 5.41) is 12.4. The highest BCUT2D eigenvalue weighted by molar-refractivity contribution is 6.15. The van der Waals surface area contributed by atoms with E-state index in [1.54, 1.807) is 6.20 Å². The Balaban J connectivity index is 1.32. The molecule has 1 fully saturated rings. The van der Waals surface area contributed by atoms with Crippen LogP contribution in [0.2, 0.25) is 0 Å². The summed E-state index contributed by atoms with van der Waals surface area (Å²) < 4.78 is 8.41. The Hall–Kier alpha value is -4.94. The fourth-order valence-corrected chi connectivity index (χ4v) is 6.97. The molecule has 4 aromatic carbocycles. The van der Waals surface area contributed by atoms with Crippen molar-refractivity contribution in [3.05, 3.63) is 126 Å². The third kappa shape index (κ3) is 5.69. The topological polar surface area (TPSA) is 90.4 Å². The molecule has 6 heteroatoms. The number of para-hydroxylation sites is 1. The molecule has 1 saturated carbocycles. The highest BCUT2D eigenvalue weighted by Crippen LogP contribution is 2.42. The molecule has 1 aliphatic rings. The fourth-order valence-electron chi connectivity index (χ4n) is 6.97. The van der Waals surface area contributed by atoms with Crippen LogP contribution in [0, 0.1) is 5.41 Å². The number of fused-ring (bicyclic) bond motifs is 3. The van der Waals surface area contributed by atoms with Gasteiger partial charge in [-0.05, 0) is 90.6 Å². The third-order valence-electron chi connectivity index (χ3n) is 9.36. The number of nitrogens with zero attached hydrogens (tertiary/aromatic N) is 2. The number of pyridine rings is 1. The molecule has 6 nitrogen and oxygen atoms in total. The van der Waals surface area contributed by atoms with Crippen molar-refractivity contribution in [2.45, 2.75) is 51.7 Å². The van der Waals surface area contributed by atoms with E-state index in [-0.39, 0.29) is 11.5 Å². The molecule has 0 radical (unpaired) electrons. The molecule has 2 aromatic heterocycles. The van der Waals surface area contributed by atoms with Crippen molar-refractivity contribution in [3.63, 3.8) is 0 Å². The van der Waals surface area contributed by atoms with E-state index in [0.717, 1.165) is 81.9 Å². The number of rotatable bonds is 8. The van der Waals surface area contributed by atoms with Crippen LogP contribution in [0.15, 0.2) is 109 Å². The van der Waals surface area contributed by atoms with Crippen LogP contribution in [0.3, 0.4) is 0 Å². The number of nitrogens with two attached hydrogens (primary N) is 1. The van der Waals surface area contributed by atoms with Gasteiger partial charge in [0.05, 0.1) is 23.3 Å². The molecule has 226 valence electrons. The van der Waals surface area contributed by atoms with Crippen LogP contribution in [0.5, 0.6) is 5.75 Å². The summed E-state index contributed by atoms with van der Waals surface area (Å²) in [6, 6.07) is 33.0. The van der Waals surface area contributed by atoms with Crippen LogP contribution in [0.4, 0.5) is 0 Å². The molecule has 1 aliphatic carbocycles. The van der Waals surface area contributed by atoms with E-state index in [2.05, 4.69) is 71.1 Å². The standard InChI is InChI=1S/C39H37N3O3/c1-39(18-16-30(43)17-19-39)22-27-20-29(14-15-33(27)38(40)44)42-35-12-6-5-10-34(35)37-32(11-7-13-36(37)42)28-21-31(24-41-23-28)45-25-26-8-3-2-4-9-26/h2-15,20-21,23-24,30,43H,16-19,22,25H2,1H3,(H2,40,44). The van der Waals surface area contributed by atoms with Crippen molar-refractivity contribution < 1.29 is 14.6 Å². The number of primary amides is 1. The minimum absolute atomic E-state index is 0.00333. The van der Waals surface area contributed by atoms with E-state index in [1.165, 1.54) is 0 Å². The van der Waals surface area contributed by atoms with Crippen molar-refractivity contribution in [3.8, 4) is 22.6 Å². The van der Waals surface area contributed by atoms with Gasteiger partial charge >= 0.3 is 0 Å². The third-order valence-corrected chi connectivity index (χ3v) is 9.36. The molecule has 0 saturated heterocycles. The second-order valence-corrected chi connectivity index (χ2v) is 12.7. The lowest BCUT2D eigenvalue weighted by Gasteiger charge is -2.36. The van der Waals surface area contributed by atoms with E-state index >= 15 is 0 Å². The predicted octanol–water partition coefficient (Wildman–Crippen LogP) is 8.01. The van der Waals surface area contributed by atoms with Crippen LogP contribution in [0.25, 0.3) is 38.6 Å². The zero-order valence-corrected chi connectivity index (χ0v) is 25.4. The molecule has 0 atom stereocenters. The second-order valence-electron chi connectivity index (χ2n) is 12.7. The first-order chi connectivity index (χ1) is 21.9. The quantitative estimate of drug-likeness (QED) is 0.187. The second kappa shape index (κ2) is 11.9. The summed E-state index contributed by atoms with van der Waals surface area (Å²) in [5.74, 6) is 0.301. The molecular weight excluding hydrogens is 558 g/mol. The molecule has 1 amide bonds. The van der Waals surface area contributed by atoms with Gasteiger partial charge in [-0.3, -0.25) is 9.78 Å². The Morgan fingerprint density at radius 3 is 2.49 bits per heavy atom. The van der Waals surface area contributed by atoms with Crippen molar-refractivity contribution in [2.75, 3.05) is 0 Å². The Kier molecular flexibility index (Phi) is 7.60. The van der Waals surface area contributed by atoms with Crippen molar-refractivity contribution in [2.24, 2.45) is 11.1 Å². The molecule has 0 unspecified atom stereocenters. The number of ether oxygens (including phenoxy) is 1. The van der Waals surface area contributed by atoms with E-state index in [1.807, 2.05) is 48.7 Å². The maximum atomic E-state index is 12.6. The van der Waals surface area contributed by atoms with E-state index in [4.69, 9.17) is 10.5 Å². The maximum absolute atomic E-state index is 12.6. The minimum atomic E-state index is -0.414. The lowest BCUT2D eigenvalue weighted by molar-refractivity contribution is 0.0713. The number of aromatic nitrogens is 2.